The summed E-state index contributed by atoms with van der Waals surface area (Å²) in [6.07, 6.45) is 0. The van der Waals surface area contributed by atoms with E-state index in [1.807, 2.05) is 32.9 Å². The second kappa shape index (κ2) is 7.74. The smallest absolute Gasteiger partial charge is 0.257 e. The highest BCUT2D eigenvalue weighted by molar-refractivity contribution is 7.80. The molecule has 0 saturated carbocycles. The molecule has 2 aromatic carbocycles. The normalized spacial score (nSPS) is 10.0. The van der Waals surface area contributed by atoms with Crippen LogP contribution in [0.15, 0.2) is 42.5 Å². The van der Waals surface area contributed by atoms with Crippen LogP contribution in [0.1, 0.15) is 28.4 Å². The van der Waals surface area contributed by atoms with Gasteiger partial charge in [-0.25, -0.2) is 0 Å². The summed E-state index contributed by atoms with van der Waals surface area (Å²) >= 11 is 5.20. The van der Waals surface area contributed by atoms with Crippen molar-refractivity contribution in [3.8, 4) is 5.75 Å². The van der Waals surface area contributed by atoms with E-state index in [0.717, 1.165) is 22.6 Å². The fraction of sp³-hybridized carbons (Fsp3) is 0.222. The molecular formula is C18H20N2O2S. The first-order chi connectivity index (χ1) is 11.0. The molecule has 0 atom stereocenters. The van der Waals surface area contributed by atoms with Gasteiger partial charge in [-0.3, -0.25) is 10.1 Å². The summed E-state index contributed by atoms with van der Waals surface area (Å²) in [5.41, 5.74) is 3.65. The van der Waals surface area contributed by atoms with Crippen LogP contribution in [0.5, 0.6) is 5.75 Å². The molecule has 0 aliphatic carbocycles. The Labute approximate surface area is 141 Å². The zero-order valence-electron chi connectivity index (χ0n) is 13.5. The van der Waals surface area contributed by atoms with Crippen LogP contribution in [0, 0.1) is 13.8 Å². The highest BCUT2D eigenvalue weighted by Gasteiger charge is 2.08. The van der Waals surface area contributed by atoms with E-state index in [9.17, 15) is 4.79 Å². The predicted molar refractivity (Wildman–Crippen MR) is 97.2 cm³/mol. The first-order valence-electron chi connectivity index (χ1n) is 7.41. The van der Waals surface area contributed by atoms with Gasteiger partial charge in [0.2, 0.25) is 0 Å². The molecule has 0 unspecified atom stereocenters. The van der Waals surface area contributed by atoms with Gasteiger partial charge in [-0.15, -0.1) is 0 Å². The number of anilines is 1. The minimum Gasteiger partial charge on any atom is -0.494 e. The van der Waals surface area contributed by atoms with E-state index in [1.165, 1.54) is 0 Å². The number of amides is 1. The molecule has 23 heavy (non-hydrogen) atoms. The van der Waals surface area contributed by atoms with Crippen molar-refractivity contribution in [2.24, 2.45) is 0 Å². The molecule has 2 rings (SSSR count). The maximum Gasteiger partial charge on any atom is 0.257 e. The standard InChI is InChI=1S/C18H20N2O2S/c1-4-22-16-7-5-14(6-8-16)17(21)20-18(23)19-15-10-12(2)9-13(3)11-15/h5-11H,4H2,1-3H3,(H2,19,20,21,23). The summed E-state index contributed by atoms with van der Waals surface area (Å²) in [6, 6.07) is 13.0. The van der Waals surface area contributed by atoms with Crippen LogP contribution in [0.2, 0.25) is 0 Å². The molecule has 0 aliphatic heterocycles. The number of nitrogens with one attached hydrogen (secondary N) is 2. The Bertz CT molecular complexity index is 691. The van der Waals surface area contributed by atoms with Crippen molar-refractivity contribution in [1.82, 2.24) is 5.32 Å². The lowest BCUT2D eigenvalue weighted by atomic mass is 10.1. The molecule has 0 radical (unpaired) electrons. The van der Waals surface area contributed by atoms with Crippen LogP contribution >= 0.6 is 12.2 Å². The van der Waals surface area contributed by atoms with E-state index in [2.05, 4.69) is 16.7 Å². The number of hydrogen-bond donors (Lipinski definition) is 2. The molecule has 1 amide bonds. The zero-order valence-corrected chi connectivity index (χ0v) is 14.3. The van der Waals surface area contributed by atoms with Gasteiger partial charge < -0.3 is 10.1 Å². The van der Waals surface area contributed by atoms with Gasteiger partial charge in [-0.2, -0.15) is 0 Å². The van der Waals surface area contributed by atoms with E-state index < -0.39 is 0 Å². The van der Waals surface area contributed by atoms with Crippen LogP contribution in [0.4, 0.5) is 5.69 Å². The number of aryl methyl sites for hydroxylation is 2. The Kier molecular flexibility index (Phi) is 5.71. The third-order valence-corrected chi connectivity index (χ3v) is 3.34. The van der Waals surface area contributed by atoms with Crippen molar-refractivity contribution in [2.45, 2.75) is 20.8 Å². The highest BCUT2D eigenvalue weighted by Crippen LogP contribution is 2.14. The number of thiocarbonyl (C=S) groups is 1. The molecule has 2 N–H and O–H groups in total. The summed E-state index contributed by atoms with van der Waals surface area (Å²) in [6.45, 7) is 6.53. The molecule has 5 heteroatoms. The van der Waals surface area contributed by atoms with Gasteiger partial charge in [0.1, 0.15) is 5.75 Å². The Morgan fingerprint density at radius 1 is 1.09 bits per heavy atom. The molecule has 0 fully saturated rings. The van der Waals surface area contributed by atoms with Crippen molar-refractivity contribution in [1.29, 1.82) is 0 Å². The molecule has 0 saturated heterocycles. The topological polar surface area (TPSA) is 50.4 Å². The number of rotatable bonds is 4. The van der Waals surface area contributed by atoms with Crippen molar-refractivity contribution < 1.29 is 9.53 Å². The number of carbonyl (C=O) groups excluding carboxylic acids is 1. The number of ether oxygens (including phenoxy) is 1. The van der Waals surface area contributed by atoms with Crippen LogP contribution < -0.4 is 15.4 Å². The lowest BCUT2D eigenvalue weighted by Gasteiger charge is -2.11. The third-order valence-electron chi connectivity index (χ3n) is 3.13. The van der Waals surface area contributed by atoms with Gasteiger partial charge >= 0.3 is 0 Å². The van der Waals surface area contributed by atoms with E-state index in [-0.39, 0.29) is 11.0 Å². The third kappa shape index (κ3) is 5.07. The van der Waals surface area contributed by atoms with Crippen molar-refractivity contribution in [3.63, 3.8) is 0 Å². The lowest BCUT2D eigenvalue weighted by molar-refractivity contribution is 0.0977. The maximum atomic E-state index is 12.2. The first-order valence-corrected chi connectivity index (χ1v) is 7.82. The SMILES string of the molecule is CCOc1ccc(C(=O)NC(=S)Nc2cc(C)cc(C)c2)cc1. The van der Waals surface area contributed by atoms with Gasteiger partial charge in [-0.05, 0) is 80.5 Å². The summed E-state index contributed by atoms with van der Waals surface area (Å²) < 4.78 is 5.35. The van der Waals surface area contributed by atoms with Crippen molar-refractivity contribution in [3.05, 3.63) is 59.2 Å². The van der Waals surface area contributed by atoms with Crippen LogP contribution in [0.25, 0.3) is 0 Å². The van der Waals surface area contributed by atoms with Crippen LogP contribution in [0.3, 0.4) is 0 Å². The van der Waals surface area contributed by atoms with E-state index in [4.69, 9.17) is 17.0 Å². The Balaban J connectivity index is 1.97. The number of hydrogen-bond acceptors (Lipinski definition) is 3. The molecule has 0 aliphatic rings. The summed E-state index contributed by atoms with van der Waals surface area (Å²) in [4.78, 5) is 12.2. The Morgan fingerprint density at radius 3 is 2.26 bits per heavy atom. The first kappa shape index (κ1) is 17.0. The van der Waals surface area contributed by atoms with Gasteiger partial charge in [0.05, 0.1) is 6.61 Å². The fourth-order valence-corrected chi connectivity index (χ4v) is 2.46. The van der Waals surface area contributed by atoms with Gasteiger partial charge in [0.25, 0.3) is 5.91 Å². The van der Waals surface area contributed by atoms with Crippen molar-refractivity contribution >= 4 is 28.9 Å². The van der Waals surface area contributed by atoms with E-state index in [0.29, 0.717) is 12.2 Å². The molecule has 4 nitrogen and oxygen atoms in total. The summed E-state index contributed by atoms with van der Waals surface area (Å²) in [5.74, 6) is 0.481. The quantitative estimate of drug-likeness (QED) is 0.838. The average molecular weight is 328 g/mol. The molecule has 0 heterocycles. The number of carbonyl (C=O) groups is 1. The second-order valence-electron chi connectivity index (χ2n) is 5.24. The molecule has 0 bridgehead atoms. The minimum atomic E-state index is -0.255. The van der Waals surface area contributed by atoms with Gasteiger partial charge in [0.15, 0.2) is 5.11 Å². The van der Waals surface area contributed by atoms with Crippen LogP contribution in [-0.4, -0.2) is 17.6 Å². The second-order valence-corrected chi connectivity index (χ2v) is 5.65. The lowest BCUT2D eigenvalue weighted by Crippen LogP contribution is -2.34. The van der Waals surface area contributed by atoms with Crippen LogP contribution in [-0.2, 0) is 0 Å². The van der Waals surface area contributed by atoms with Gasteiger partial charge in [0, 0.05) is 11.3 Å². The highest BCUT2D eigenvalue weighted by atomic mass is 32.1. The Morgan fingerprint density at radius 2 is 1.70 bits per heavy atom. The maximum absolute atomic E-state index is 12.2. The van der Waals surface area contributed by atoms with Gasteiger partial charge in [-0.1, -0.05) is 6.07 Å². The monoisotopic (exact) mass is 328 g/mol. The zero-order chi connectivity index (χ0) is 16.8. The molecular weight excluding hydrogens is 308 g/mol. The molecule has 0 spiro atoms. The fourth-order valence-electron chi connectivity index (χ4n) is 2.25. The average Bonchev–Trinajstić information content (AvgIpc) is 2.47. The summed E-state index contributed by atoms with van der Waals surface area (Å²) in [7, 11) is 0. The number of benzene rings is 2. The van der Waals surface area contributed by atoms with Crippen molar-refractivity contribution in [2.75, 3.05) is 11.9 Å². The Hall–Kier alpha value is -2.40. The molecule has 0 aromatic heterocycles. The summed E-state index contributed by atoms with van der Waals surface area (Å²) in [5, 5.41) is 5.98. The van der Waals surface area contributed by atoms with E-state index in [1.54, 1.807) is 24.3 Å². The molecule has 2 aromatic rings. The minimum absolute atomic E-state index is 0.255. The predicted octanol–water partition coefficient (Wildman–Crippen LogP) is 3.83. The van der Waals surface area contributed by atoms with E-state index >= 15 is 0 Å². The molecule has 120 valence electrons. The largest absolute Gasteiger partial charge is 0.494 e.